The van der Waals surface area contributed by atoms with E-state index < -0.39 is 11.8 Å². The minimum Gasteiger partial charge on any atom is -0.268 e. The lowest BCUT2D eigenvalue weighted by Gasteiger charge is -2.11. The zero-order valence-corrected chi connectivity index (χ0v) is 17.5. The average molecular weight is 426 g/mol. The van der Waals surface area contributed by atoms with Gasteiger partial charge in [-0.05, 0) is 34.9 Å². The molecule has 0 aliphatic rings. The molecule has 7 nitrogen and oxygen atoms in total. The van der Waals surface area contributed by atoms with E-state index in [1.165, 1.54) is 10.8 Å². The Balaban J connectivity index is 1.52. The standard InChI is InChI=1S/C25H22N4O3/c1-2-16-29-25(32)21-13-6-5-12-20(21)23(28-29)24(31)27-26-22(30)15-14-18-10-7-9-17-8-3-4-11-19(17)18/h3-15H,2,16H2,1H3,(H,26,30)(H,27,31)/b15-14+. The number of hydrogen-bond acceptors (Lipinski definition) is 4. The SMILES string of the molecule is CCCn1nc(C(=O)NNC(=O)/C=C/c2cccc3ccccc23)c2ccccc2c1=O. The molecular weight excluding hydrogens is 404 g/mol. The van der Waals surface area contributed by atoms with Crippen molar-refractivity contribution in [1.82, 2.24) is 20.6 Å². The first-order valence-electron chi connectivity index (χ1n) is 10.3. The Morgan fingerprint density at radius 1 is 0.906 bits per heavy atom. The quantitative estimate of drug-likeness (QED) is 0.378. The van der Waals surface area contributed by atoms with E-state index in [-0.39, 0.29) is 11.3 Å². The predicted octanol–water partition coefficient (Wildman–Crippen LogP) is 3.43. The van der Waals surface area contributed by atoms with Crippen molar-refractivity contribution in [2.24, 2.45) is 0 Å². The Morgan fingerprint density at radius 3 is 2.38 bits per heavy atom. The number of carbonyl (C=O) groups excluding carboxylic acids is 2. The fourth-order valence-electron chi connectivity index (χ4n) is 3.55. The lowest BCUT2D eigenvalue weighted by Crippen LogP contribution is -2.42. The molecule has 0 saturated heterocycles. The molecule has 1 aromatic heterocycles. The van der Waals surface area contributed by atoms with Crippen molar-refractivity contribution in [3.8, 4) is 0 Å². The van der Waals surface area contributed by atoms with Gasteiger partial charge in [-0.15, -0.1) is 0 Å². The largest absolute Gasteiger partial charge is 0.290 e. The minimum atomic E-state index is -0.599. The third kappa shape index (κ3) is 4.27. The second-order valence-electron chi connectivity index (χ2n) is 7.27. The summed E-state index contributed by atoms with van der Waals surface area (Å²) < 4.78 is 1.28. The highest BCUT2D eigenvalue weighted by atomic mass is 16.2. The summed E-state index contributed by atoms with van der Waals surface area (Å²) in [7, 11) is 0. The van der Waals surface area contributed by atoms with Gasteiger partial charge in [0.15, 0.2) is 5.69 Å². The summed E-state index contributed by atoms with van der Waals surface area (Å²) in [5.41, 5.74) is 5.48. The number of hydrogen-bond donors (Lipinski definition) is 2. The number of carbonyl (C=O) groups is 2. The third-order valence-corrected chi connectivity index (χ3v) is 5.06. The van der Waals surface area contributed by atoms with Crippen molar-refractivity contribution in [1.29, 1.82) is 0 Å². The average Bonchev–Trinajstić information content (AvgIpc) is 2.83. The Bertz CT molecular complexity index is 1400. The first-order chi connectivity index (χ1) is 15.6. The van der Waals surface area contributed by atoms with E-state index in [4.69, 9.17) is 0 Å². The van der Waals surface area contributed by atoms with Gasteiger partial charge >= 0.3 is 0 Å². The lowest BCUT2D eigenvalue weighted by atomic mass is 10.0. The molecule has 2 N–H and O–H groups in total. The third-order valence-electron chi connectivity index (χ3n) is 5.06. The number of aromatic nitrogens is 2. The normalized spacial score (nSPS) is 11.2. The predicted molar refractivity (Wildman–Crippen MR) is 125 cm³/mol. The van der Waals surface area contributed by atoms with E-state index in [0.717, 1.165) is 16.3 Å². The van der Waals surface area contributed by atoms with Crippen molar-refractivity contribution in [3.05, 3.63) is 94.4 Å². The van der Waals surface area contributed by atoms with Gasteiger partial charge in [-0.3, -0.25) is 25.2 Å². The number of aryl methyl sites for hydroxylation is 1. The second-order valence-corrected chi connectivity index (χ2v) is 7.27. The number of amides is 2. The molecular formula is C25H22N4O3. The molecule has 0 bridgehead atoms. The summed E-state index contributed by atoms with van der Waals surface area (Å²) in [5.74, 6) is -1.09. The van der Waals surface area contributed by atoms with Gasteiger partial charge in [0.05, 0.1) is 5.39 Å². The maximum atomic E-state index is 12.8. The first-order valence-corrected chi connectivity index (χ1v) is 10.3. The number of hydrazine groups is 1. The van der Waals surface area contributed by atoms with Crippen molar-refractivity contribution in [2.75, 3.05) is 0 Å². The highest BCUT2D eigenvalue weighted by Gasteiger charge is 2.16. The maximum Gasteiger partial charge on any atom is 0.290 e. The van der Waals surface area contributed by atoms with Crippen molar-refractivity contribution in [3.63, 3.8) is 0 Å². The van der Waals surface area contributed by atoms with Crippen LogP contribution in [0.2, 0.25) is 0 Å². The molecule has 0 saturated carbocycles. The first kappa shape index (κ1) is 21.0. The van der Waals surface area contributed by atoms with Crippen molar-refractivity contribution >= 4 is 39.4 Å². The van der Waals surface area contributed by atoms with Crippen LogP contribution >= 0.6 is 0 Å². The molecule has 1 heterocycles. The molecule has 7 heteroatoms. The van der Waals surface area contributed by atoms with Crippen molar-refractivity contribution in [2.45, 2.75) is 19.9 Å². The van der Waals surface area contributed by atoms with Crippen LogP contribution in [0.5, 0.6) is 0 Å². The Morgan fingerprint density at radius 2 is 1.59 bits per heavy atom. The Kier molecular flexibility index (Phi) is 6.07. The van der Waals surface area contributed by atoms with Crippen LogP contribution in [0.25, 0.3) is 27.6 Å². The number of fused-ring (bicyclic) bond motifs is 2. The van der Waals surface area contributed by atoms with Gasteiger partial charge < -0.3 is 0 Å². The highest BCUT2D eigenvalue weighted by molar-refractivity contribution is 6.06. The summed E-state index contributed by atoms with van der Waals surface area (Å²) in [5, 5.41) is 7.16. The van der Waals surface area contributed by atoms with Crippen LogP contribution in [0.15, 0.2) is 77.6 Å². The van der Waals surface area contributed by atoms with Gasteiger partial charge in [0, 0.05) is 18.0 Å². The fourth-order valence-corrected chi connectivity index (χ4v) is 3.55. The monoisotopic (exact) mass is 426 g/mol. The topological polar surface area (TPSA) is 93.1 Å². The molecule has 4 rings (SSSR count). The molecule has 0 spiro atoms. The zero-order chi connectivity index (χ0) is 22.5. The molecule has 4 aromatic rings. The molecule has 2 amide bonds. The number of nitrogens with zero attached hydrogens (tertiary/aromatic N) is 2. The van der Waals surface area contributed by atoms with Gasteiger partial charge in [0.1, 0.15) is 0 Å². The van der Waals surface area contributed by atoms with Gasteiger partial charge in [0.25, 0.3) is 17.4 Å². The molecule has 0 aliphatic heterocycles. The number of rotatable bonds is 5. The minimum absolute atomic E-state index is 0.0759. The summed E-state index contributed by atoms with van der Waals surface area (Å²) in [6.45, 7) is 2.32. The van der Waals surface area contributed by atoms with Crippen LogP contribution in [0, 0.1) is 0 Å². The fraction of sp³-hybridized carbons (Fsp3) is 0.120. The van der Waals surface area contributed by atoms with Gasteiger partial charge in [-0.25, -0.2) is 4.68 Å². The van der Waals surface area contributed by atoms with Crippen LogP contribution in [0.4, 0.5) is 0 Å². The molecule has 0 radical (unpaired) electrons. The highest BCUT2D eigenvalue weighted by Crippen LogP contribution is 2.19. The summed E-state index contributed by atoms with van der Waals surface area (Å²) >= 11 is 0. The van der Waals surface area contributed by atoms with E-state index in [1.54, 1.807) is 30.3 Å². The van der Waals surface area contributed by atoms with Crippen LogP contribution in [0.1, 0.15) is 29.4 Å². The van der Waals surface area contributed by atoms with E-state index >= 15 is 0 Å². The Hall–Kier alpha value is -4.26. The molecule has 160 valence electrons. The zero-order valence-electron chi connectivity index (χ0n) is 17.5. The Labute approximate surface area is 184 Å². The lowest BCUT2D eigenvalue weighted by molar-refractivity contribution is -0.117. The summed E-state index contributed by atoms with van der Waals surface area (Å²) in [4.78, 5) is 37.6. The maximum absolute atomic E-state index is 12.8. The van der Waals surface area contributed by atoms with E-state index in [9.17, 15) is 14.4 Å². The van der Waals surface area contributed by atoms with Crippen LogP contribution in [-0.2, 0) is 11.3 Å². The van der Waals surface area contributed by atoms with E-state index in [2.05, 4.69) is 16.0 Å². The van der Waals surface area contributed by atoms with Crippen LogP contribution < -0.4 is 16.4 Å². The van der Waals surface area contributed by atoms with Crippen LogP contribution in [0.3, 0.4) is 0 Å². The molecule has 0 atom stereocenters. The molecule has 0 aliphatic carbocycles. The number of nitrogens with one attached hydrogen (secondary N) is 2. The van der Waals surface area contributed by atoms with Gasteiger partial charge in [-0.2, -0.15) is 5.10 Å². The van der Waals surface area contributed by atoms with E-state index in [0.29, 0.717) is 23.7 Å². The molecule has 0 fully saturated rings. The number of benzene rings is 3. The van der Waals surface area contributed by atoms with Crippen molar-refractivity contribution < 1.29 is 9.59 Å². The smallest absolute Gasteiger partial charge is 0.268 e. The molecule has 32 heavy (non-hydrogen) atoms. The summed E-state index contributed by atoms with van der Waals surface area (Å²) in [6, 6.07) is 20.5. The van der Waals surface area contributed by atoms with Gasteiger partial charge in [-0.1, -0.05) is 67.6 Å². The molecule has 0 unspecified atom stereocenters. The van der Waals surface area contributed by atoms with Gasteiger partial charge in [0.2, 0.25) is 0 Å². The molecule has 3 aromatic carbocycles. The summed E-state index contributed by atoms with van der Waals surface area (Å²) in [6.07, 6.45) is 3.74. The second kappa shape index (κ2) is 9.26. The van der Waals surface area contributed by atoms with E-state index in [1.807, 2.05) is 49.4 Å². The van der Waals surface area contributed by atoms with Crippen LogP contribution in [-0.4, -0.2) is 21.6 Å².